The number of aryl methyl sites for hydroxylation is 1. The molecule has 1 atom stereocenters. The Morgan fingerprint density at radius 3 is 2.35 bits per heavy atom. The fourth-order valence-corrected chi connectivity index (χ4v) is 3.35. The van der Waals surface area contributed by atoms with Crippen LogP contribution in [0.2, 0.25) is 0 Å². The summed E-state index contributed by atoms with van der Waals surface area (Å²) in [6.07, 6.45) is 1.54. The lowest BCUT2D eigenvalue weighted by atomic mass is 10.1. The highest BCUT2D eigenvalue weighted by atomic mass is 16.5. The third-order valence-electron chi connectivity index (χ3n) is 5.02. The minimum absolute atomic E-state index is 0.285. The Kier molecular flexibility index (Phi) is 6.87. The predicted octanol–water partition coefficient (Wildman–Crippen LogP) is 3.43. The number of carbonyl (C=O) groups excluding carboxylic acids is 2. The van der Waals surface area contributed by atoms with Crippen LogP contribution in [0.5, 0.6) is 5.75 Å². The van der Waals surface area contributed by atoms with Crippen LogP contribution >= 0.6 is 0 Å². The second-order valence-corrected chi connectivity index (χ2v) is 7.16. The Bertz CT molecular complexity index is 1090. The lowest BCUT2D eigenvalue weighted by Crippen LogP contribution is -2.39. The Hall–Kier alpha value is -3.87. The molecule has 2 aromatic carbocycles. The van der Waals surface area contributed by atoms with E-state index >= 15 is 0 Å². The molecular weight excluding hydrogens is 392 g/mol. The maximum Gasteiger partial charge on any atom is 0.329 e. The summed E-state index contributed by atoms with van der Waals surface area (Å²) in [5.74, 6) is -0.768. The highest BCUT2D eigenvalue weighted by Crippen LogP contribution is 2.22. The molecule has 0 bridgehead atoms. The first-order valence-electron chi connectivity index (χ1n) is 9.93. The molecule has 0 aliphatic carbocycles. The van der Waals surface area contributed by atoms with Gasteiger partial charge in [-0.25, -0.2) is 5.43 Å². The molecule has 0 saturated carbocycles. The highest BCUT2D eigenvalue weighted by Gasteiger charge is 2.16. The van der Waals surface area contributed by atoms with Crippen LogP contribution in [0.3, 0.4) is 0 Å². The largest absolute Gasteiger partial charge is 0.497 e. The average molecular weight is 418 g/mol. The molecule has 1 aromatic heterocycles. The molecule has 1 heterocycles. The molecule has 7 heteroatoms. The first kappa shape index (κ1) is 21.8. The van der Waals surface area contributed by atoms with Crippen LogP contribution in [0.15, 0.2) is 65.8 Å². The number of aromatic nitrogens is 1. The average Bonchev–Trinajstić information content (AvgIpc) is 3.07. The fourth-order valence-electron chi connectivity index (χ4n) is 3.35. The third kappa shape index (κ3) is 5.19. The van der Waals surface area contributed by atoms with Gasteiger partial charge in [-0.05, 0) is 56.7 Å². The molecule has 0 spiro atoms. The maximum atomic E-state index is 12.1. The number of amides is 2. The van der Waals surface area contributed by atoms with Gasteiger partial charge in [0.1, 0.15) is 5.75 Å². The van der Waals surface area contributed by atoms with Crippen LogP contribution in [0.1, 0.15) is 35.5 Å². The van der Waals surface area contributed by atoms with E-state index < -0.39 is 11.8 Å². The monoisotopic (exact) mass is 418 g/mol. The zero-order chi connectivity index (χ0) is 22.4. The zero-order valence-corrected chi connectivity index (χ0v) is 18.0. The number of hydrogen-bond acceptors (Lipinski definition) is 4. The van der Waals surface area contributed by atoms with Crippen molar-refractivity contribution in [2.45, 2.75) is 26.8 Å². The van der Waals surface area contributed by atoms with Gasteiger partial charge in [0, 0.05) is 22.6 Å². The number of benzene rings is 2. The number of hydrazone groups is 1. The van der Waals surface area contributed by atoms with Gasteiger partial charge in [0.15, 0.2) is 0 Å². The summed E-state index contributed by atoms with van der Waals surface area (Å²) in [5.41, 5.74) is 7.02. The third-order valence-corrected chi connectivity index (χ3v) is 5.02. The van der Waals surface area contributed by atoms with E-state index in [4.69, 9.17) is 4.74 Å². The van der Waals surface area contributed by atoms with Gasteiger partial charge in [-0.3, -0.25) is 9.59 Å². The Morgan fingerprint density at radius 2 is 1.71 bits per heavy atom. The molecule has 0 radical (unpaired) electrons. The normalized spacial score (nSPS) is 11.9. The van der Waals surface area contributed by atoms with Crippen molar-refractivity contribution < 1.29 is 14.3 Å². The maximum absolute atomic E-state index is 12.1. The number of methoxy groups -OCH3 is 1. The SMILES string of the molecule is COc1ccc(-n2c(C)cc(/C=N\NC(=O)C(=O)N[C@@H](C)c3ccccc3)c2C)cc1. The Morgan fingerprint density at radius 1 is 1.03 bits per heavy atom. The number of nitrogens with one attached hydrogen (secondary N) is 2. The molecule has 2 amide bonds. The standard InChI is InChI=1S/C24H26N4O3/c1-16-14-20(18(3)28(16)21-10-12-22(31-4)13-11-21)15-25-27-24(30)23(29)26-17(2)19-8-6-5-7-9-19/h5-15,17H,1-4H3,(H,26,29)(H,27,30)/b25-15-/t17-/m0/s1. The van der Waals surface area contributed by atoms with Gasteiger partial charge in [-0.15, -0.1) is 0 Å². The first-order chi connectivity index (χ1) is 14.9. The number of ether oxygens (including phenoxy) is 1. The van der Waals surface area contributed by atoms with Crippen LogP contribution < -0.4 is 15.5 Å². The number of carbonyl (C=O) groups is 2. The summed E-state index contributed by atoms with van der Waals surface area (Å²) in [4.78, 5) is 24.2. The van der Waals surface area contributed by atoms with Gasteiger partial charge >= 0.3 is 11.8 Å². The van der Waals surface area contributed by atoms with Crippen LogP contribution in [0.4, 0.5) is 0 Å². The van der Waals surface area contributed by atoms with E-state index in [9.17, 15) is 9.59 Å². The van der Waals surface area contributed by atoms with Crippen LogP contribution in [-0.4, -0.2) is 29.7 Å². The molecule has 3 aromatic rings. The smallest absolute Gasteiger partial charge is 0.329 e. The van der Waals surface area contributed by atoms with Crippen molar-refractivity contribution in [3.63, 3.8) is 0 Å². The van der Waals surface area contributed by atoms with Crippen molar-refractivity contribution in [2.75, 3.05) is 7.11 Å². The lowest BCUT2D eigenvalue weighted by Gasteiger charge is -2.13. The summed E-state index contributed by atoms with van der Waals surface area (Å²) >= 11 is 0. The van der Waals surface area contributed by atoms with Gasteiger partial charge in [-0.2, -0.15) is 5.10 Å². The van der Waals surface area contributed by atoms with Crippen molar-refractivity contribution >= 4 is 18.0 Å². The molecule has 31 heavy (non-hydrogen) atoms. The number of rotatable bonds is 6. The van der Waals surface area contributed by atoms with Crippen LogP contribution in [-0.2, 0) is 9.59 Å². The summed E-state index contributed by atoms with van der Waals surface area (Å²) in [6, 6.07) is 18.9. The number of nitrogens with zero attached hydrogens (tertiary/aromatic N) is 2. The fraction of sp³-hybridized carbons (Fsp3) is 0.208. The lowest BCUT2D eigenvalue weighted by molar-refractivity contribution is -0.139. The van der Waals surface area contributed by atoms with Crippen molar-refractivity contribution in [1.82, 2.24) is 15.3 Å². The molecule has 0 unspecified atom stereocenters. The van der Waals surface area contributed by atoms with E-state index in [0.29, 0.717) is 0 Å². The Labute approximate surface area is 181 Å². The second-order valence-electron chi connectivity index (χ2n) is 7.16. The van der Waals surface area contributed by atoms with E-state index in [0.717, 1.165) is 34.0 Å². The Balaban J connectivity index is 1.64. The van der Waals surface area contributed by atoms with Crippen molar-refractivity contribution in [1.29, 1.82) is 0 Å². The minimum atomic E-state index is -0.817. The summed E-state index contributed by atoms with van der Waals surface area (Å²) in [7, 11) is 1.63. The van der Waals surface area contributed by atoms with E-state index in [-0.39, 0.29) is 6.04 Å². The van der Waals surface area contributed by atoms with Crippen molar-refractivity contribution in [2.24, 2.45) is 5.10 Å². The molecule has 0 aliphatic rings. The molecule has 0 saturated heterocycles. The molecule has 160 valence electrons. The predicted molar refractivity (Wildman–Crippen MR) is 121 cm³/mol. The minimum Gasteiger partial charge on any atom is -0.497 e. The molecule has 7 nitrogen and oxygen atoms in total. The quantitative estimate of drug-likeness (QED) is 0.365. The van der Waals surface area contributed by atoms with Crippen molar-refractivity contribution in [3.8, 4) is 11.4 Å². The van der Waals surface area contributed by atoms with E-state index in [1.165, 1.54) is 6.21 Å². The number of hydrogen-bond donors (Lipinski definition) is 2. The van der Waals surface area contributed by atoms with Gasteiger partial charge in [0.05, 0.1) is 19.4 Å². The highest BCUT2D eigenvalue weighted by molar-refractivity contribution is 6.35. The molecular formula is C24H26N4O3. The van der Waals surface area contributed by atoms with E-state index in [1.807, 2.05) is 81.4 Å². The van der Waals surface area contributed by atoms with E-state index in [2.05, 4.69) is 20.4 Å². The molecule has 2 N–H and O–H groups in total. The van der Waals surface area contributed by atoms with Gasteiger partial charge in [-0.1, -0.05) is 30.3 Å². The van der Waals surface area contributed by atoms with Crippen molar-refractivity contribution in [3.05, 3.63) is 83.2 Å². The zero-order valence-electron chi connectivity index (χ0n) is 18.0. The topological polar surface area (TPSA) is 84.7 Å². The summed E-state index contributed by atoms with van der Waals surface area (Å²) in [5, 5.41) is 6.62. The molecule has 0 aliphatic heterocycles. The van der Waals surface area contributed by atoms with Gasteiger partial charge in [0.25, 0.3) is 0 Å². The van der Waals surface area contributed by atoms with Crippen LogP contribution in [0.25, 0.3) is 5.69 Å². The van der Waals surface area contributed by atoms with E-state index in [1.54, 1.807) is 7.11 Å². The first-order valence-corrected chi connectivity index (χ1v) is 9.93. The van der Waals surface area contributed by atoms with Crippen LogP contribution in [0, 0.1) is 13.8 Å². The summed E-state index contributed by atoms with van der Waals surface area (Å²) < 4.78 is 7.29. The molecule has 3 rings (SSSR count). The molecule has 0 fully saturated rings. The second kappa shape index (κ2) is 9.75. The summed E-state index contributed by atoms with van der Waals surface area (Å²) in [6.45, 7) is 5.78. The van der Waals surface area contributed by atoms with Gasteiger partial charge in [0.2, 0.25) is 0 Å². The van der Waals surface area contributed by atoms with Gasteiger partial charge < -0.3 is 14.6 Å².